The molecule has 5 rings (SSSR count). The van der Waals surface area contributed by atoms with Crippen LogP contribution in [0.15, 0.2) is 42.6 Å². The molecule has 2 N–H and O–H groups in total. The van der Waals surface area contributed by atoms with E-state index in [4.69, 9.17) is 4.74 Å². The lowest BCUT2D eigenvalue weighted by Gasteiger charge is -2.30. The summed E-state index contributed by atoms with van der Waals surface area (Å²) in [5.74, 6) is -1.91. The smallest absolute Gasteiger partial charge is 0.423 e. The number of anilines is 3. The number of carbonyl (C=O) groups excluding carboxylic acids is 1. The SMILES string of the molecule is CN1CCC(Nc2ccc(Nc3ncc(C(F)(F)F)c(Oc4cccc5c4C(=O)N(C)C5)n3)cc2F)CC1. The van der Waals surface area contributed by atoms with E-state index in [1.54, 1.807) is 31.3 Å². The number of ether oxygens (including phenoxy) is 1. The van der Waals surface area contributed by atoms with Gasteiger partial charge in [-0.15, -0.1) is 0 Å². The zero-order chi connectivity index (χ0) is 27.0. The number of alkyl halides is 3. The molecule has 1 amide bonds. The van der Waals surface area contributed by atoms with Gasteiger partial charge in [0.2, 0.25) is 11.8 Å². The first kappa shape index (κ1) is 25.7. The molecule has 0 atom stereocenters. The Morgan fingerprint density at radius 3 is 2.58 bits per heavy atom. The minimum Gasteiger partial charge on any atom is -0.437 e. The number of rotatable bonds is 6. The van der Waals surface area contributed by atoms with Crippen LogP contribution in [0, 0.1) is 5.82 Å². The molecule has 200 valence electrons. The summed E-state index contributed by atoms with van der Waals surface area (Å²) in [6.45, 7) is 2.17. The van der Waals surface area contributed by atoms with Gasteiger partial charge in [0.25, 0.3) is 5.91 Å². The average Bonchev–Trinajstić information content (AvgIpc) is 3.15. The lowest BCUT2D eigenvalue weighted by Crippen LogP contribution is -2.36. The van der Waals surface area contributed by atoms with Gasteiger partial charge in [-0.1, -0.05) is 12.1 Å². The van der Waals surface area contributed by atoms with E-state index in [0.717, 1.165) is 25.9 Å². The topological polar surface area (TPSA) is 82.6 Å². The maximum atomic E-state index is 14.8. The van der Waals surface area contributed by atoms with Gasteiger partial charge in [0.05, 0.1) is 11.3 Å². The maximum absolute atomic E-state index is 14.8. The molecule has 1 fully saturated rings. The highest BCUT2D eigenvalue weighted by Crippen LogP contribution is 2.39. The molecule has 1 saturated heterocycles. The average molecular weight is 531 g/mol. The minimum absolute atomic E-state index is 0.0395. The third-order valence-corrected chi connectivity index (χ3v) is 6.65. The second kappa shape index (κ2) is 10.1. The Morgan fingerprint density at radius 1 is 1.11 bits per heavy atom. The van der Waals surface area contributed by atoms with Gasteiger partial charge in [0.15, 0.2) is 0 Å². The van der Waals surface area contributed by atoms with Gasteiger partial charge in [0, 0.05) is 31.5 Å². The van der Waals surface area contributed by atoms with Crippen molar-refractivity contribution in [2.45, 2.75) is 31.6 Å². The number of benzene rings is 2. The lowest BCUT2D eigenvalue weighted by molar-refractivity contribution is -0.139. The fourth-order valence-corrected chi connectivity index (χ4v) is 4.57. The van der Waals surface area contributed by atoms with Crippen molar-refractivity contribution < 1.29 is 27.1 Å². The van der Waals surface area contributed by atoms with Crippen molar-refractivity contribution >= 4 is 23.2 Å². The van der Waals surface area contributed by atoms with Gasteiger partial charge in [-0.05, 0) is 62.8 Å². The number of nitrogens with one attached hydrogen (secondary N) is 2. The molecular formula is C26H26F4N6O2. The monoisotopic (exact) mass is 530 g/mol. The molecule has 0 saturated carbocycles. The first-order chi connectivity index (χ1) is 18.1. The quantitative estimate of drug-likeness (QED) is 0.421. The van der Waals surface area contributed by atoms with Crippen LogP contribution in [-0.2, 0) is 12.7 Å². The van der Waals surface area contributed by atoms with Gasteiger partial charge in [-0.3, -0.25) is 4.79 Å². The number of amides is 1. The number of likely N-dealkylation sites (tertiary alicyclic amines) is 1. The number of hydrogen-bond donors (Lipinski definition) is 2. The summed E-state index contributed by atoms with van der Waals surface area (Å²) >= 11 is 0. The van der Waals surface area contributed by atoms with Crippen molar-refractivity contribution in [1.29, 1.82) is 0 Å². The number of aromatic nitrogens is 2. The molecule has 3 aromatic rings. The zero-order valence-corrected chi connectivity index (χ0v) is 20.8. The highest BCUT2D eigenvalue weighted by molar-refractivity contribution is 6.00. The van der Waals surface area contributed by atoms with Gasteiger partial charge < -0.3 is 25.2 Å². The molecule has 0 bridgehead atoms. The summed E-state index contributed by atoms with van der Waals surface area (Å²) in [7, 11) is 3.63. The summed E-state index contributed by atoms with van der Waals surface area (Å²) in [5.41, 5.74) is 0.212. The molecule has 2 aliphatic heterocycles. The Labute approximate surface area is 216 Å². The predicted octanol–water partition coefficient (Wildman–Crippen LogP) is 5.26. The molecule has 2 aliphatic rings. The molecule has 0 radical (unpaired) electrons. The van der Waals surface area contributed by atoms with Crippen molar-refractivity contribution in [1.82, 2.24) is 19.8 Å². The van der Waals surface area contributed by atoms with E-state index in [-0.39, 0.29) is 34.9 Å². The van der Waals surface area contributed by atoms with E-state index in [2.05, 4.69) is 25.5 Å². The Hall–Kier alpha value is -3.93. The summed E-state index contributed by atoms with van der Waals surface area (Å²) in [6, 6.07) is 9.24. The second-order valence-corrected chi connectivity index (χ2v) is 9.51. The summed E-state index contributed by atoms with van der Waals surface area (Å²) in [5, 5.41) is 5.95. The number of hydrogen-bond acceptors (Lipinski definition) is 7. The van der Waals surface area contributed by atoms with Gasteiger partial charge in [-0.2, -0.15) is 18.2 Å². The van der Waals surface area contributed by atoms with E-state index in [1.807, 2.05) is 7.05 Å². The van der Waals surface area contributed by atoms with Crippen molar-refractivity contribution in [3.8, 4) is 11.6 Å². The largest absolute Gasteiger partial charge is 0.437 e. The Bertz CT molecular complexity index is 1360. The molecule has 1 aromatic heterocycles. The van der Waals surface area contributed by atoms with E-state index < -0.39 is 23.4 Å². The molecule has 12 heteroatoms. The molecule has 3 heterocycles. The molecule has 38 heavy (non-hydrogen) atoms. The highest BCUT2D eigenvalue weighted by atomic mass is 19.4. The van der Waals surface area contributed by atoms with E-state index in [1.165, 1.54) is 17.0 Å². The third kappa shape index (κ3) is 5.35. The van der Waals surface area contributed by atoms with Crippen LogP contribution in [0.25, 0.3) is 0 Å². The van der Waals surface area contributed by atoms with Crippen LogP contribution < -0.4 is 15.4 Å². The fourth-order valence-electron chi connectivity index (χ4n) is 4.57. The number of fused-ring (bicyclic) bond motifs is 1. The zero-order valence-electron chi connectivity index (χ0n) is 20.8. The maximum Gasteiger partial charge on any atom is 0.423 e. The number of carbonyl (C=O) groups is 1. The van der Waals surface area contributed by atoms with Crippen LogP contribution in [-0.4, -0.2) is 58.9 Å². The highest BCUT2D eigenvalue weighted by Gasteiger charge is 2.37. The van der Waals surface area contributed by atoms with Gasteiger partial charge in [-0.25, -0.2) is 9.37 Å². The van der Waals surface area contributed by atoms with E-state index >= 15 is 0 Å². The number of halogens is 4. The lowest BCUT2D eigenvalue weighted by atomic mass is 10.1. The van der Waals surface area contributed by atoms with Crippen molar-refractivity contribution in [3.63, 3.8) is 0 Å². The summed E-state index contributed by atoms with van der Waals surface area (Å²) in [4.78, 5) is 23.9. The predicted molar refractivity (Wildman–Crippen MR) is 133 cm³/mol. The normalized spacial score (nSPS) is 16.5. The van der Waals surface area contributed by atoms with Crippen LogP contribution in [0.5, 0.6) is 11.6 Å². The molecule has 0 unspecified atom stereocenters. The third-order valence-electron chi connectivity index (χ3n) is 6.65. The van der Waals surface area contributed by atoms with Crippen LogP contribution in [0.3, 0.4) is 0 Å². The Morgan fingerprint density at radius 2 is 1.87 bits per heavy atom. The molecule has 2 aromatic carbocycles. The fraction of sp³-hybridized carbons (Fsp3) is 0.346. The standard InChI is InChI=1S/C26H26F4N6O2/c1-35-10-8-16(9-11-35)32-20-7-6-17(12-19(20)27)33-25-31-13-18(26(28,29)30)23(34-25)38-21-5-3-4-15-14-36(2)24(37)22(15)21/h3-7,12-13,16,32H,8-11,14H2,1-2H3,(H,31,33,34). The van der Waals surface area contributed by atoms with Gasteiger partial charge in [0.1, 0.15) is 17.1 Å². The molecule has 0 aliphatic carbocycles. The van der Waals surface area contributed by atoms with Crippen molar-refractivity contribution in [2.75, 3.05) is 37.8 Å². The van der Waals surface area contributed by atoms with Crippen LogP contribution in [0.4, 0.5) is 34.9 Å². The molecule has 0 spiro atoms. The summed E-state index contributed by atoms with van der Waals surface area (Å²) < 4.78 is 61.5. The van der Waals surface area contributed by atoms with Crippen LogP contribution in [0.2, 0.25) is 0 Å². The van der Waals surface area contributed by atoms with Crippen LogP contribution in [0.1, 0.15) is 34.3 Å². The minimum atomic E-state index is -4.81. The van der Waals surface area contributed by atoms with E-state index in [0.29, 0.717) is 24.0 Å². The Balaban J connectivity index is 1.38. The molecule has 8 nitrogen and oxygen atoms in total. The first-order valence-corrected chi connectivity index (χ1v) is 12.1. The molecular weight excluding hydrogens is 504 g/mol. The first-order valence-electron chi connectivity index (χ1n) is 12.1. The van der Waals surface area contributed by atoms with E-state index in [9.17, 15) is 22.4 Å². The van der Waals surface area contributed by atoms with Crippen molar-refractivity contribution in [3.05, 3.63) is 65.1 Å². The van der Waals surface area contributed by atoms with Crippen LogP contribution >= 0.6 is 0 Å². The summed E-state index contributed by atoms with van der Waals surface area (Å²) in [6.07, 6.45) is -2.43. The number of nitrogens with zero attached hydrogens (tertiary/aromatic N) is 4. The Kier molecular flexibility index (Phi) is 6.82. The number of piperidine rings is 1. The van der Waals surface area contributed by atoms with Crippen molar-refractivity contribution in [2.24, 2.45) is 0 Å². The van der Waals surface area contributed by atoms with Gasteiger partial charge >= 0.3 is 6.18 Å². The second-order valence-electron chi connectivity index (χ2n) is 9.51.